The van der Waals surface area contributed by atoms with E-state index in [2.05, 4.69) is 15.4 Å². The number of rotatable bonds is 3. The summed E-state index contributed by atoms with van der Waals surface area (Å²) in [5.41, 5.74) is -0.997. The van der Waals surface area contributed by atoms with E-state index >= 15 is 0 Å². The molecule has 1 aliphatic heterocycles. The molecule has 0 spiro atoms. The zero-order valence-corrected chi connectivity index (χ0v) is 11.0. The van der Waals surface area contributed by atoms with Gasteiger partial charge in [0.2, 0.25) is 0 Å². The number of hydrogen-bond acceptors (Lipinski definition) is 5. The average Bonchev–Trinajstić information content (AvgIpc) is 3.07. The van der Waals surface area contributed by atoms with Crippen LogP contribution >= 0.6 is 0 Å². The molecule has 3 rings (SSSR count). The predicted octanol–water partition coefficient (Wildman–Crippen LogP) is -0.527. The van der Waals surface area contributed by atoms with Crippen molar-refractivity contribution in [2.45, 2.75) is 12.5 Å². The van der Waals surface area contributed by atoms with Crippen molar-refractivity contribution in [3.05, 3.63) is 45.0 Å². The number of nitrogens with one attached hydrogen (secondary N) is 3. The fourth-order valence-corrected chi connectivity index (χ4v) is 2.12. The van der Waals surface area contributed by atoms with Crippen molar-refractivity contribution in [2.75, 3.05) is 18.5 Å². The number of carbonyl (C=O) groups excluding carboxylic acids is 1. The van der Waals surface area contributed by atoms with Crippen LogP contribution in [-0.2, 0) is 4.74 Å². The minimum absolute atomic E-state index is 0.110. The first kappa shape index (κ1) is 13.3. The van der Waals surface area contributed by atoms with Crippen LogP contribution in [-0.4, -0.2) is 38.9 Å². The predicted molar refractivity (Wildman–Crippen MR) is 72.3 cm³/mol. The highest BCUT2D eigenvalue weighted by molar-refractivity contribution is 6.02. The van der Waals surface area contributed by atoms with E-state index in [1.165, 1.54) is 6.20 Å². The maximum atomic E-state index is 12.0. The van der Waals surface area contributed by atoms with E-state index in [-0.39, 0.29) is 11.7 Å². The van der Waals surface area contributed by atoms with E-state index in [4.69, 9.17) is 4.74 Å². The van der Waals surface area contributed by atoms with Crippen molar-refractivity contribution in [1.82, 2.24) is 19.7 Å². The summed E-state index contributed by atoms with van der Waals surface area (Å²) in [5.74, 6) is -0.583. The zero-order valence-electron chi connectivity index (χ0n) is 11.0. The minimum atomic E-state index is -0.730. The first-order valence-electron chi connectivity index (χ1n) is 6.39. The Kier molecular flexibility index (Phi) is 3.40. The van der Waals surface area contributed by atoms with Crippen LogP contribution in [0.15, 0.2) is 28.0 Å². The molecule has 1 unspecified atom stereocenters. The van der Waals surface area contributed by atoms with Gasteiger partial charge in [-0.15, -0.1) is 0 Å². The summed E-state index contributed by atoms with van der Waals surface area (Å²) in [6.07, 6.45) is 4.06. The van der Waals surface area contributed by atoms with E-state index < -0.39 is 17.2 Å². The number of hydrogen-bond donors (Lipinski definition) is 3. The molecule has 110 valence electrons. The minimum Gasteiger partial charge on any atom is -0.379 e. The third kappa shape index (κ3) is 2.92. The molecule has 0 bridgehead atoms. The summed E-state index contributed by atoms with van der Waals surface area (Å²) in [6.45, 7) is 1.29. The Morgan fingerprint density at radius 3 is 3.00 bits per heavy atom. The Labute approximate surface area is 118 Å². The van der Waals surface area contributed by atoms with Gasteiger partial charge >= 0.3 is 5.69 Å². The molecule has 0 aromatic carbocycles. The van der Waals surface area contributed by atoms with Gasteiger partial charge in [-0.05, 0) is 6.42 Å². The first-order chi connectivity index (χ1) is 10.1. The Morgan fingerprint density at radius 2 is 2.29 bits per heavy atom. The highest BCUT2D eigenvalue weighted by Gasteiger charge is 2.18. The Bertz CT molecular complexity index is 740. The van der Waals surface area contributed by atoms with Gasteiger partial charge in [0.25, 0.3) is 11.5 Å². The molecule has 3 N–H and O–H groups in total. The number of amides is 1. The maximum Gasteiger partial charge on any atom is 0.326 e. The summed E-state index contributed by atoms with van der Waals surface area (Å²) in [5, 5.41) is 6.73. The highest BCUT2D eigenvalue weighted by atomic mass is 16.5. The van der Waals surface area contributed by atoms with Gasteiger partial charge in [0.1, 0.15) is 5.69 Å². The van der Waals surface area contributed by atoms with Crippen molar-refractivity contribution >= 4 is 11.6 Å². The molecule has 2 aromatic heterocycles. The van der Waals surface area contributed by atoms with Crippen LogP contribution in [0, 0.1) is 0 Å². The van der Waals surface area contributed by atoms with Crippen LogP contribution < -0.4 is 16.6 Å². The lowest BCUT2D eigenvalue weighted by molar-refractivity contribution is 0.102. The lowest BCUT2D eigenvalue weighted by Crippen LogP contribution is -2.27. The third-order valence-corrected chi connectivity index (χ3v) is 3.14. The summed E-state index contributed by atoms with van der Waals surface area (Å²) < 4.78 is 7.00. The molecular weight excluding hydrogens is 278 g/mol. The molecule has 1 saturated heterocycles. The second-order valence-electron chi connectivity index (χ2n) is 4.68. The number of anilines is 1. The van der Waals surface area contributed by atoms with Crippen LogP contribution in [0.1, 0.15) is 23.0 Å². The van der Waals surface area contributed by atoms with E-state index in [0.29, 0.717) is 18.9 Å². The molecule has 9 nitrogen and oxygen atoms in total. The number of aromatic nitrogens is 4. The van der Waals surface area contributed by atoms with Gasteiger partial charge in [0.05, 0.1) is 24.5 Å². The van der Waals surface area contributed by atoms with Gasteiger partial charge in [0, 0.05) is 18.9 Å². The summed E-state index contributed by atoms with van der Waals surface area (Å²) in [6, 6.07) is 1.18. The third-order valence-electron chi connectivity index (χ3n) is 3.14. The topological polar surface area (TPSA) is 122 Å². The van der Waals surface area contributed by atoms with Gasteiger partial charge in [-0.1, -0.05) is 0 Å². The molecule has 1 aliphatic rings. The summed E-state index contributed by atoms with van der Waals surface area (Å²) in [7, 11) is 0. The Morgan fingerprint density at radius 1 is 1.43 bits per heavy atom. The molecule has 0 saturated carbocycles. The molecule has 21 heavy (non-hydrogen) atoms. The van der Waals surface area contributed by atoms with Gasteiger partial charge in [-0.25, -0.2) is 4.79 Å². The SMILES string of the molecule is O=C(Nc1cnn(C2CCOC2)c1)c1cc(=O)[nH]c(=O)[nH]1. The quantitative estimate of drug-likeness (QED) is 0.702. The molecule has 3 heterocycles. The molecular formula is C12H13N5O4. The first-order valence-corrected chi connectivity index (χ1v) is 6.39. The second kappa shape index (κ2) is 5.37. The summed E-state index contributed by atoms with van der Waals surface area (Å²) in [4.78, 5) is 38.5. The van der Waals surface area contributed by atoms with Crippen LogP contribution in [0.25, 0.3) is 0 Å². The average molecular weight is 291 g/mol. The largest absolute Gasteiger partial charge is 0.379 e. The standard InChI is InChI=1S/C12H13N5O4/c18-10-3-9(15-12(20)16-10)11(19)14-7-4-13-17(5-7)8-1-2-21-6-8/h3-5,8H,1-2,6H2,(H,14,19)(H2,15,16,18,20). The zero-order chi connectivity index (χ0) is 14.8. The molecule has 0 radical (unpaired) electrons. The smallest absolute Gasteiger partial charge is 0.326 e. The van der Waals surface area contributed by atoms with E-state index in [0.717, 1.165) is 12.5 Å². The van der Waals surface area contributed by atoms with Crippen LogP contribution in [0.5, 0.6) is 0 Å². The van der Waals surface area contributed by atoms with Crippen molar-refractivity contribution < 1.29 is 9.53 Å². The molecule has 1 amide bonds. The van der Waals surface area contributed by atoms with E-state index in [1.807, 2.05) is 4.98 Å². The lowest BCUT2D eigenvalue weighted by Gasteiger charge is -2.06. The highest BCUT2D eigenvalue weighted by Crippen LogP contribution is 2.19. The second-order valence-corrected chi connectivity index (χ2v) is 4.68. The Balaban J connectivity index is 1.75. The van der Waals surface area contributed by atoms with Crippen LogP contribution in [0.4, 0.5) is 5.69 Å². The van der Waals surface area contributed by atoms with Crippen molar-refractivity contribution in [3.8, 4) is 0 Å². The Hall–Kier alpha value is -2.68. The van der Waals surface area contributed by atoms with E-state index in [1.54, 1.807) is 10.9 Å². The number of nitrogens with zero attached hydrogens (tertiary/aromatic N) is 2. The molecule has 9 heteroatoms. The number of carbonyl (C=O) groups is 1. The fraction of sp³-hybridized carbons (Fsp3) is 0.333. The van der Waals surface area contributed by atoms with Gasteiger partial charge in [0.15, 0.2) is 0 Å². The van der Waals surface area contributed by atoms with Gasteiger partial charge < -0.3 is 15.0 Å². The molecule has 1 atom stereocenters. The molecule has 0 aliphatic carbocycles. The fourth-order valence-electron chi connectivity index (χ4n) is 2.12. The van der Waals surface area contributed by atoms with Gasteiger partial charge in [-0.3, -0.25) is 19.3 Å². The molecule has 1 fully saturated rings. The van der Waals surface area contributed by atoms with Crippen molar-refractivity contribution in [3.63, 3.8) is 0 Å². The number of aromatic amines is 2. The number of H-pyrrole nitrogens is 2. The van der Waals surface area contributed by atoms with Gasteiger partial charge in [-0.2, -0.15) is 5.10 Å². The maximum absolute atomic E-state index is 12.0. The number of ether oxygens (including phenoxy) is 1. The van der Waals surface area contributed by atoms with Crippen LogP contribution in [0.3, 0.4) is 0 Å². The normalized spacial score (nSPS) is 17.8. The van der Waals surface area contributed by atoms with Crippen LogP contribution in [0.2, 0.25) is 0 Å². The summed E-state index contributed by atoms with van der Waals surface area (Å²) >= 11 is 0. The van der Waals surface area contributed by atoms with Crippen molar-refractivity contribution in [1.29, 1.82) is 0 Å². The van der Waals surface area contributed by atoms with E-state index in [9.17, 15) is 14.4 Å². The monoisotopic (exact) mass is 291 g/mol. The molecule has 2 aromatic rings. The van der Waals surface area contributed by atoms with Crippen molar-refractivity contribution in [2.24, 2.45) is 0 Å². The lowest BCUT2D eigenvalue weighted by atomic mass is 10.3.